The Balaban J connectivity index is 2.09. The molecule has 1 saturated heterocycles. The smallest absolute Gasteiger partial charge is 0.234 e. The third-order valence-corrected chi connectivity index (χ3v) is 2.77. The number of hydrogen-bond acceptors (Lipinski definition) is 4. The molecule has 2 rings (SSSR count). The van der Waals surface area contributed by atoms with Crippen LogP contribution >= 0.6 is 11.6 Å². The number of anilines is 1. The van der Waals surface area contributed by atoms with E-state index in [-0.39, 0.29) is 11.5 Å². The van der Waals surface area contributed by atoms with Crippen molar-refractivity contribution in [1.29, 1.82) is 0 Å². The Bertz CT molecular complexity index is 359. The summed E-state index contributed by atoms with van der Waals surface area (Å²) in [6, 6.07) is 0. The van der Waals surface area contributed by atoms with Gasteiger partial charge in [-0.1, -0.05) is 0 Å². The molecule has 16 heavy (non-hydrogen) atoms. The van der Waals surface area contributed by atoms with Crippen molar-refractivity contribution in [3.05, 3.63) is 12.4 Å². The number of halogens is 1. The van der Waals surface area contributed by atoms with Crippen LogP contribution in [0.25, 0.3) is 0 Å². The summed E-state index contributed by atoms with van der Waals surface area (Å²) in [7, 11) is 0. The molecule has 1 unspecified atom stereocenters. The van der Waals surface area contributed by atoms with Gasteiger partial charge in [-0.15, -0.1) is 11.6 Å². The van der Waals surface area contributed by atoms with Gasteiger partial charge in [0.2, 0.25) is 5.88 Å². The molecule has 1 aromatic heterocycles. The standard InChI is InChI=1S/C11H16ClN3O/c1-8(2)16-11-6-13-5-10(14-11)15-4-3-9(12)7-15/h5-6,8-9H,3-4,7H2,1-2H3. The van der Waals surface area contributed by atoms with Crippen LogP contribution in [0, 0.1) is 0 Å². The summed E-state index contributed by atoms with van der Waals surface area (Å²) in [6.07, 6.45) is 4.50. The minimum absolute atomic E-state index is 0.115. The minimum atomic E-state index is 0.115. The highest BCUT2D eigenvalue weighted by Crippen LogP contribution is 2.22. The summed E-state index contributed by atoms with van der Waals surface area (Å²) in [4.78, 5) is 10.7. The second-order valence-electron chi connectivity index (χ2n) is 4.21. The van der Waals surface area contributed by atoms with Gasteiger partial charge in [0.1, 0.15) is 0 Å². The van der Waals surface area contributed by atoms with Gasteiger partial charge in [0.15, 0.2) is 5.82 Å². The van der Waals surface area contributed by atoms with Gasteiger partial charge in [0.05, 0.1) is 23.9 Å². The van der Waals surface area contributed by atoms with Crippen molar-refractivity contribution in [2.24, 2.45) is 0 Å². The van der Waals surface area contributed by atoms with E-state index in [2.05, 4.69) is 14.9 Å². The molecule has 1 atom stereocenters. The van der Waals surface area contributed by atoms with Crippen LogP contribution in [0.1, 0.15) is 20.3 Å². The molecule has 0 aliphatic carbocycles. The first-order chi connectivity index (χ1) is 7.65. The van der Waals surface area contributed by atoms with E-state index in [4.69, 9.17) is 16.3 Å². The van der Waals surface area contributed by atoms with Crippen molar-refractivity contribution >= 4 is 17.4 Å². The molecule has 0 saturated carbocycles. The molecule has 0 bridgehead atoms. The molecular weight excluding hydrogens is 226 g/mol. The van der Waals surface area contributed by atoms with Crippen molar-refractivity contribution in [3.8, 4) is 5.88 Å². The lowest BCUT2D eigenvalue weighted by Gasteiger charge is -2.17. The summed E-state index contributed by atoms with van der Waals surface area (Å²) in [6.45, 7) is 5.72. The van der Waals surface area contributed by atoms with Crippen LogP contribution in [0.4, 0.5) is 5.82 Å². The zero-order valence-corrected chi connectivity index (χ0v) is 10.3. The summed E-state index contributed by atoms with van der Waals surface area (Å²) < 4.78 is 5.51. The van der Waals surface area contributed by atoms with Gasteiger partial charge in [-0.3, -0.25) is 4.98 Å². The summed E-state index contributed by atoms with van der Waals surface area (Å²) >= 11 is 6.06. The predicted octanol–water partition coefficient (Wildman–Crippen LogP) is 2.08. The Labute approximate surface area is 101 Å². The van der Waals surface area contributed by atoms with Gasteiger partial charge in [0.25, 0.3) is 0 Å². The van der Waals surface area contributed by atoms with Crippen LogP contribution in [0.15, 0.2) is 12.4 Å². The molecular formula is C11H16ClN3O. The SMILES string of the molecule is CC(C)Oc1cncc(N2CCC(Cl)C2)n1. The monoisotopic (exact) mass is 241 g/mol. The predicted molar refractivity (Wildman–Crippen MR) is 64.3 cm³/mol. The van der Waals surface area contributed by atoms with E-state index in [1.807, 2.05) is 13.8 Å². The fourth-order valence-corrected chi connectivity index (χ4v) is 1.98. The third kappa shape index (κ3) is 2.76. The molecule has 2 heterocycles. The fraction of sp³-hybridized carbons (Fsp3) is 0.636. The topological polar surface area (TPSA) is 38.2 Å². The van der Waals surface area contributed by atoms with Crippen molar-refractivity contribution in [2.45, 2.75) is 31.7 Å². The van der Waals surface area contributed by atoms with Gasteiger partial charge in [-0.2, -0.15) is 4.98 Å². The second kappa shape index (κ2) is 4.87. The van der Waals surface area contributed by atoms with Gasteiger partial charge in [-0.25, -0.2) is 0 Å². The Morgan fingerprint density at radius 3 is 2.94 bits per heavy atom. The fourth-order valence-electron chi connectivity index (χ4n) is 1.71. The van der Waals surface area contributed by atoms with E-state index in [0.717, 1.165) is 25.3 Å². The molecule has 1 aliphatic rings. The molecule has 0 aromatic carbocycles. The van der Waals surface area contributed by atoms with E-state index < -0.39 is 0 Å². The highest BCUT2D eigenvalue weighted by atomic mass is 35.5. The lowest BCUT2D eigenvalue weighted by molar-refractivity contribution is 0.231. The molecule has 5 heteroatoms. The highest BCUT2D eigenvalue weighted by Gasteiger charge is 2.21. The van der Waals surface area contributed by atoms with Crippen LogP contribution in [-0.2, 0) is 0 Å². The van der Waals surface area contributed by atoms with Gasteiger partial charge in [0, 0.05) is 13.1 Å². The normalized spacial score (nSPS) is 20.5. The lowest BCUT2D eigenvalue weighted by Crippen LogP contribution is -2.21. The lowest BCUT2D eigenvalue weighted by atomic mass is 10.4. The number of hydrogen-bond donors (Lipinski definition) is 0. The molecule has 1 aromatic rings. The average molecular weight is 242 g/mol. The second-order valence-corrected chi connectivity index (χ2v) is 4.83. The zero-order chi connectivity index (χ0) is 11.5. The van der Waals surface area contributed by atoms with Crippen LogP contribution in [-0.4, -0.2) is 34.5 Å². The molecule has 4 nitrogen and oxygen atoms in total. The summed E-state index contributed by atoms with van der Waals surface area (Å²) in [5.41, 5.74) is 0. The molecule has 0 N–H and O–H groups in total. The maximum atomic E-state index is 6.06. The van der Waals surface area contributed by atoms with E-state index in [0.29, 0.717) is 5.88 Å². The number of ether oxygens (including phenoxy) is 1. The maximum absolute atomic E-state index is 6.06. The van der Waals surface area contributed by atoms with Crippen molar-refractivity contribution in [3.63, 3.8) is 0 Å². The van der Waals surface area contributed by atoms with Crippen LogP contribution in [0.2, 0.25) is 0 Å². The Morgan fingerprint density at radius 1 is 1.50 bits per heavy atom. The van der Waals surface area contributed by atoms with Crippen LogP contribution in [0.5, 0.6) is 5.88 Å². The molecule has 88 valence electrons. The molecule has 0 radical (unpaired) electrons. The number of alkyl halides is 1. The number of nitrogens with zero attached hydrogens (tertiary/aromatic N) is 3. The van der Waals surface area contributed by atoms with Crippen molar-refractivity contribution < 1.29 is 4.74 Å². The van der Waals surface area contributed by atoms with Gasteiger partial charge in [-0.05, 0) is 20.3 Å². The number of rotatable bonds is 3. The molecule has 0 spiro atoms. The summed E-state index contributed by atoms with van der Waals surface area (Å²) in [5, 5.41) is 0.219. The molecule has 1 aliphatic heterocycles. The first-order valence-corrected chi connectivity index (χ1v) is 5.96. The molecule has 0 amide bonds. The zero-order valence-electron chi connectivity index (χ0n) is 9.56. The van der Waals surface area contributed by atoms with Crippen LogP contribution in [0.3, 0.4) is 0 Å². The average Bonchev–Trinajstić information content (AvgIpc) is 2.64. The Hall–Kier alpha value is -1.03. The summed E-state index contributed by atoms with van der Waals surface area (Å²) in [5.74, 6) is 1.42. The van der Waals surface area contributed by atoms with E-state index in [1.165, 1.54) is 0 Å². The highest BCUT2D eigenvalue weighted by molar-refractivity contribution is 6.21. The van der Waals surface area contributed by atoms with Crippen molar-refractivity contribution in [1.82, 2.24) is 9.97 Å². The third-order valence-electron chi connectivity index (χ3n) is 2.41. The minimum Gasteiger partial charge on any atom is -0.474 e. The largest absolute Gasteiger partial charge is 0.474 e. The van der Waals surface area contributed by atoms with Crippen molar-refractivity contribution in [2.75, 3.05) is 18.0 Å². The first-order valence-electron chi connectivity index (χ1n) is 5.53. The Kier molecular flexibility index (Phi) is 3.49. The number of aromatic nitrogens is 2. The van der Waals surface area contributed by atoms with E-state index in [1.54, 1.807) is 12.4 Å². The first kappa shape index (κ1) is 11.5. The van der Waals surface area contributed by atoms with E-state index in [9.17, 15) is 0 Å². The van der Waals surface area contributed by atoms with E-state index >= 15 is 0 Å². The Morgan fingerprint density at radius 2 is 2.31 bits per heavy atom. The van der Waals surface area contributed by atoms with Crippen LogP contribution < -0.4 is 9.64 Å². The maximum Gasteiger partial charge on any atom is 0.234 e. The van der Waals surface area contributed by atoms with Gasteiger partial charge >= 0.3 is 0 Å². The molecule has 1 fully saturated rings. The van der Waals surface area contributed by atoms with Gasteiger partial charge < -0.3 is 9.64 Å². The quantitative estimate of drug-likeness (QED) is 0.760.